The van der Waals surface area contributed by atoms with Crippen LogP contribution in [0.1, 0.15) is 48.5 Å². The average Bonchev–Trinajstić information content (AvgIpc) is 2.99. The van der Waals surface area contributed by atoms with Gasteiger partial charge < -0.3 is 24.3 Å². The van der Waals surface area contributed by atoms with E-state index in [1.807, 2.05) is 40.8 Å². The number of hydrogen-bond donors (Lipinski definition) is 1. The van der Waals surface area contributed by atoms with E-state index in [2.05, 4.69) is 9.88 Å². The Morgan fingerprint density at radius 1 is 1.15 bits per heavy atom. The Kier molecular flexibility index (Phi) is 6.49. The zero-order chi connectivity index (χ0) is 20.5. The maximum atomic E-state index is 12.2. The fraction of sp³-hybridized carbons (Fsp3) is 0.778. The van der Waals surface area contributed by atoms with Crippen LogP contribution in [0, 0.1) is 0 Å². The fourth-order valence-electron chi connectivity index (χ4n) is 2.35. The first-order valence-electron chi connectivity index (χ1n) is 9.32. The molecule has 9 heteroatoms. The third-order valence-electron chi connectivity index (χ3n) is 4.79. The molecule has 1 amide bonds. The van der Waals surface area contributed by atoms with Crippen molar-refractivity contribution in [1.82, 2.24) is 9.88 Å². The number of carbonyl (C=O) groups is 1. The SMILES string of the molecule is CC(C)(C)OC(=O)N1CCN(c2ncc(BOC(C)(C)C(C)(C)O)s2)CC1. The van der Waals surface area contributed by atoms with Crippen LogP contribution in [-0.2, 0) is 9.39 Å². The molecule has 1 aliphatic rings. The molecule has 0 spiro atoms. The topological polar surface area (TPSA) is 75.1 Å². The minimum atomic E-state index is -0.932. The summed E-state index contributed by atoms with van der Waals surface area (Å²) in [4.78, 5) is 20.6. The van der Waals surface area contributed by atoms with Crippen molar-refractivity contribution in [2.24, 2.45) is 0 Å². The van der Waals surface area contributed by atoms with Crippen LogP contribution in [0.4, 0.5) is 9.93 Å². The van der Waals surface area contributed by atoms with Crippen LogP contribution in [-0.4, -0.2) is 71.5 Å². The highest BCUT2D eigenvalue weighted by molar-refractivity contribution is 7.24. The highest BCUT2D eigenvalue weighted by atomic mass is 32.1. The van der Waals surface area contributed by atoms with Crippen molar-refractivity contribution in [3.05, 3.63) is 6.20 Å². The molecule has 0 atom stereocenters. The smallest absolute Gasteiger partial charge is 0.410 e. The molecule has 152 valence electrons. The number of rotatable bonds is 5. The lowest BCUT2D eigenvalue weighted by Crippen LogP contribution is -2.50. The first-order valence-corrected chi connectivity index (χ1v) is 10.1. The molecule has 1 aliphatic heterocycles. The zero-order valence-corrected chi connectivity index (χ0v) is 18.4. The lowest BCUT2D eigenvalue weighted by atomic mass is 9.86. The zero-order valence-electron chi connectivity index (χ0n) is 17.5. The second-order valence-corrected chi connectivity index (χ2v) is 10.0. The van der Waals surface area contributed by atoms with Crippen molar-refractivity contribution in [1.29, 1.82) is 0 Å². The van der Waals surface area contributed by atoms with Gasteiger partial charge in [-0.05, 0) is 48.5 Å². The number of nitrogens with zero attached hydrogens (tertiary/aromatic N) is 3. The lowest BCUT2D eigenvalue weighted by molar-refractivity contribution is -0.0892. The predicted molar refractivity (Wildman–Crippen MR) is 110 cm³/mol. The first kappa shape index (κ1) is 22.0. The van der Waals surface area contributed by atoms with E-state index < -0.39 is 16.8 Å². The summed E-state index contributed by atoms with van der Waals surface area (Å²) in [6, 6.07) is 0. The van der Waals surface area contributed by atoms with E-state index in [4.69, 9.17) is 9.39 Å². The molecule has 2 rings (SSSR count). The predicted octanol–water partition coefficient (Wildman–Crippen LogP) is 1.74. The second kappa shape index (κ2) is 7.97. The van der Waals surface area contributed by atoms with Crippen molar-refractivity contribution in [2.45, 2.75) is 65.3 Å². The Morgan fingerprint density at radius 2 is 1.74 bits per heavy atom. The van der Waals surface area contributed by atoms with E-state index >= 15 is 0 Å². The van der Waals surface area contributed by atoms with Crippen molar-refractivity contribution in [2.75, 3.05) is 31.1 Å². The van der Waals surface area contributed by atoms with E-state index in [0.717, 1.165) is 23.0 Å². The average molecular weight is 397 g/mol. The number of aliphatic hydroxyl groups is 1. The van der Waals surface area contributed by atoms with Gasteiger partial charge in [-0.1, -0.05) is 0 Å². The molecule has 0 radical (unpaired) electrons. The van der Waals surface area contributed by atoms with Crippen LogP contribution in [0.5, 0.6) is 0 Å². The van der Waals surface area contributed by atoms with Crippen LogP contribution in [0.15, 0.2) is 6.20 Å². The van der Waals surface area contributed by atoms with Crippen LogP contribution in [0.2, 0.25) is 0 Å². The normalized spacial score (nSPS) is 16.4. The molecular weight excluding hydrogens is 365 g/mol. The van der Waals surface area contributed by atoms with Gasteiger partial charge in [0.2, 0.25) is 0 Å². The number of carbonyl (C=O) groups excluding carboxylic acids is 1. The van der Waals surface area contributed by atoms with Gasteiger partial charge in [0.25, 0.3) is 0 Å². The van der Waals surface area contributed by atoms with E-state index in [1.165, 1.54) is 0 Å². The van der Waals surface area contributed by atoms with E-state index in [9.17, 15) is 9.90 Å². The summed E-state index contributed by atoms with van der Waals surface area (Å²) >= 11 is 1.58. The number of piperazine rings is 1. The highest BCUT2D eigenvalue weighted by Crippen LogP contribution is 2.25. The largest absolute Gasteiger partial charge is 0.444 e. The minimum Gasteiger partial charge on any atom is -0.444 e. The first-order chi connectivity index (χ1) is 12.3. The standard InChI is InChI=1S/C18H32BN3O4S/c1-16(2,3)25-15(23)22-10-8-21(9-11-22)14-20-12-13(27-14)19-26-18(6,7)17(4,5)24/h12,19,24H,8-11H2,1-7H3. The summed E-state index contributed by atoms with van der Waals surface area (Å²) in [5, 5.41) is 11.1. The Bertz CT molecular complexity index is 644. The van der Waals surface area contributed by atoms with Gasteiger partial charge in [-0.2, -0.15) is 0 Å². The van der Waals surface area contributed by atoms with Crippen molar-refractivity contribution in [3.8, 4) is 0 Å². The third-order valence-corrected chi connectivity index (χ3v) is 5.82. The maximum absolute atomic E-state index is 12.2. The minimum absolute atomic E-state index is 0.260. The summed E-state index contributed by atoms with van der Waals surface area (Å²) in [5.41, 5.74) is -2.07. The molecular formula is C18H32BN3O4S. The highest BCUT2D eigenvalue weighted by Gasteiger charge is 2.36. The number of ether oxygens (including phenoxy) is 1. The molecule has 1 saturated heterocycles. The molecule has 0 aromatic carbocycles. The van der Waals surface area contributed by atoms with Gasteiger partial charge in [-0.3, -0.25) is 0 Å². The maximum Gasteiger partial charge on any atom is 0.410 e. The Hall–Kier alpha value is -1.32. The van der Waals surface area contributed by atoms with Gasteiger partial charge in [0.15, 0.2) is 5.13 Å². The molecule has 1 aromatic heterocycles. The van der Waals surface area contributed by atoms with E-state index in [1.54, 1.807) is 30.1 Å². The summed E-state index contributed by atoms with van der Waals surface area (Å²) in [7, 11) is 0.409. The summed E-state index contributed by atoms with van der Waals surface area (Å²) in [6.45, 7) is 15.6. The van der Waals surface area contributed by atoms with Crippen molar-refractivity contribution >= 4 is 34.8 Å². The van der Waals surface area contributed by atoms with Gasteiger partial charge in [-0.15, -0.1) is 11.3 Å². The van der Waals surface area contributed by atoms with Crippen LogP contribution in [0.3, 0.4) is 0 Å². The van der Waals surface area contributed by atoms with Crippen molar-refractivity contribution in [3.63, 3.8) is 0 Å². The molecule has 0 unspecified atom stereocenters. The molecule has 1 aromatic rings. The quantitative estimate of drug-likeness (QED) is 0.763. The second-order valence-electron chi connectivity index (χ2n) is 8.92. The Balaban J connectivity index is 1.87. The van der Waals surface area contributed by atoms with Crippen molar-refractivity contribution < 1.29 is 19.3 Å². The summed E-state index contributed by atoms with van der Waals surface area (Å²) < 4.78 is 12.4. The number of hydrogen-bond acceptors (Lipinski definition) is 7. The molecule has 0 aliphatic carbocycles. The van der Waals surface area contributed by atoms with Gasteiger partial charge in [0.05, 0.1) is 11.2 Å². The van der Waals surface area contributed by atoms with E-state index in [-0.39, 0.29) is 6.09 Å². The van der Waals surface area contributed by atoms with Crippen LogP contribution >= 0.6 is 11.3 Å². The van der Waals surface area contributed by atoms with Gasteiger partial charge in [0.1, 0.15) is 5.60 Å². The molecule has 0 bridgehead atoms. The van der Waals surface area contributed by atoms with Crippen LogP contribution < -0.4 is 9.68 Å². The van der Waals surface area contributed by atoms with Gasteiger partial charge in [0, 0.05) is 37.2 Å². The summed E-state index contributed by atoms with van der Waals surface area (Å²) in [5.74, 6) is 0. The number of thiazole rings is 1. The molecule has 1 fully saturated rings. The van der Waals surface area contributed by atoms with Crippen LogP contribution in [0.25, 0.3) is 0 Å². The molecule has 1 N–H and O–H groups in total. The third kappa shape index (κ3) is 6.09. The fourth-order valence-corrected chi connectivity index (χ4v) is 3.22. The monoisotopic (exact) mass is 397 g/mol. The Labute approximate surface area is 166 Å². The molecule has 27 heavy (non-hydrogen) atoms. The Morgan fingerprint density at radius 3 is 2.26 bits per heavy atom. The number of amides is 1. The molecule has 0 saturated carbocycles. The van der Waals surface area contributed by atoms with Gasteiger partial charge >= 0.3 is 13.6 Å². The lowest BCUT2D eigenvalue weighted by Gasteiger charge is -2.37. The van der Waals surface area contributed by atoms with E-state index in [0.29, 0.717) is 20.6 Å². The van der Waals surface area contributed by atoms with Gasteiger partial charge in [-0.25, -0.2) is 9.78 Å². The molecule has 2 heterocycles. The molecule has 7 nitrogen and oxygen atoms in total. The summed E-state index contributed by atoms with van der Waals surface area (Å²) in [6.07, 6.45) is 1.56. The number of anilines is 1. The number of aromatic nitrogens is 1.